The molecule has 0 unspecified atom stereocenters. The molecule has 13 nitrogen and oxygen atoms in total. The fourth-order valence-electron chi connectivity index (χ4n) is 4.25. The molecule has 0 bridgehead atoms. The largest absolute Gasteiger partial charge is 0.339 e. The number of carbonyl (C=O) groups is 2. The van der Waals surface area contributed by atoms with Crippen molar-refractivity contribution in [2.24, 2.45) is 0 Å². The molecule has 1 aliphatic rings. The summed E-state index contributed by atoms with van der Waals surface area (Å²) in [5.41, 5.74) is 2.39. The standard InChI is InChI=1S/C25H40N8O5S.2ClH/c1-18(2)27-9-10-33(22-15-21(8-7-19(22)3)25-28-20(4)38-29-25)24(35)17-26-16-23(34)30(5)31-11-13-32(14-12-31)39(6,36)37;;/h7-8,15,18,26-27H,9-14,16-17H2,1-6H3;2*1H. The van der Waals surface area contributed by atoms with Gasteiger partial charge in [0.05, 0.1) is 19.3 Å². The highest BCUT2D eigenvalue weighted by Gasteiger charge is 2.27. The predicted molar refractivity (Wildman–Crippen MR) is 163 cm³/mol. The van der Waals surface area contributed by atoms with E-state index in [1.807, 2.05) is 44.0 Å². The lowest BCUT2D eigenvalue weighted by Crippen LogP contribution is -2.56. The van der Waals surface area contributed by atoms with Crippen molar-refractivity contribution in [3.8, 4) is 11.4 Å². The zero-order valence-electron chi connectivity index (χ0n) is 24.4. The number of carbonyl (C=O) groups excluding carboxylic acids is 2. The van der Waals surface area contributed by atoms with E-state index in [0.29, 0.717) is 51.0 Å². The SMILES string of the molecule is Cc1nc(-c2ccc(C)c(N(CCNC(C)C)C(=O)CNCC(=O)N(C)N3CCN(S(C)(=O)=O)CC3)c2)no1.Cl.Cl. The number of halogens is 2. The van der Waals surface area contributed by atoms with E-state index in [0.717, 1.165) is 16.8 Å². The summed E-state index contributed by atoms with van der Waals surface area (Å²) in [6.45, 7) is 10.2. The first-order chi connectivity index (χ1) is 18.4. The first kappa shape index (κ1) is 36.7. The highest BCUT2D eigenvalue weighted by Crippen LogP contribution is 2.26. The molecule has 3 rings (SSSR count). The van der Waals surface area contributed by atoms with Crippen molar-refractivity contribution in [2.45, 2.75) is 33.7 Å². The molecule has 0 radical (unpaired) electrons. The normalized spacial score (nSPS) is 14.3. The summed E-state index contributed by atoms with van der Waals surface area (Å²) in [6, 6.07) is 5.95. The lowest BCUT2D eigenvalue weighted by molar-refractivity contribution is -0.146. The van der Waals surface area contributed by atoms with Crippen LogP contribution in [0, 0.1) is 13.8 Å². The molecule has 41 heavy (non-hydrogen) atoms. The monoisotopic (exact) mass is 636 g/mol. The van der Waals surface area contributed by atoms with Crippen molar-refractivity contribution in [3.63, 3.8) is 0 Å². The number of likely N-dealkylation sites (N-methyl/N-ethyl adjacent to an activating group) is 1. The Bertz CT molecular complexity index is 1250. The van der Waals surface area contributed by atoms with Gasteiger partial charge < -0.3 is 14.7 Å². The average Bonchev–Trinajstić information content (AvgIpc) is 3.32. The van der Waals surface area contributed by atoms with Gasteiger partial charge in [0.15, 0.2) is 0 Å². The zero-order valence-corrected chi connectivity index (χ0v) is 26.9. The maximum Gasteiger partial charge on any atom is 0.250 e. The highest BCUT2D eigenvalue weighted by atomic mass is 35.5. The van der Waals surface area contributed by atoms with Gasteiger partial charge in [-0.15, -0.1) is 24.8 Å². The molecule has 1 aromatic heterocycles. The third kappa shape index (κ3) is 10.5. The zero-order chi connectivity index (χ0) is 28.7. The molecule has 0 atom stereocenters. The maximum absolute atomic E-state index is 13.4. The molecule has 1 aromatic carbocycles. The fourth-order valence-corrected chi connectivity index (χ4v) is 5.08. The minimum absolute atomic E-state index is 0. The Morgan fingerprint density at radius 2 is 1.71 bits per heavy atom. The molecule has 0 spiro atoms. The van der Waals surface area contributed by atoms with Crippen molar-refractivity contribution in [2.75, 3.05) is 70.6 Å². The fraction of sp³-hybridized carbons (Fsp3) is 0.600. The van der Waals surface area contributed by atoms with Crippen LogP contribution in [0.5, 0.6) is 0 Å². The number of amides is 2. The number of nitrogens with zero attached hydrogens (tertiary/aromatic N) is 6. The molecule has 1 saturated heterocycles. The van der Waals surface area contributed by atoms with Crippen LogP contribution in [0.1, 0.15) is 25.3 Å². The van der Waals surface area contributed by atoms with Crippen LogP contribution in [0.2, 0.25) is 0 Å². The molecule has 1 fully saturated rings. The molecule has 2 N–H and O–H groups in total. The first-order valence-electron chi connectivity index (χ1n) is 13.0. The quantitative estimate of drug-likeness (QED) is 0.347. The lowest BCUT2D eigenvalue weighted by atomic mass is 10.1. The Morgan fingerprint density at radius 1 is 1.07 bits per heavy atom. The second-order valence-corrected chi connectivity index (χ2v) is 11.9. The number of sulfonamides is 1. The van der Waals surface area contributed by atoms with Crippen molar-refractivity contribution < 1.29 is 22.5 Å². The number of aryl methyl sites for hydroxylation is 2. The van der Waals surface area contributed by atoms with E-state index in [9.17, 15) is 18.0 Å². The maximum atomic E-state index is 13.4. The summed E-state index contributed by atoms with van der Waals surface area (Å²) < 4.78 is 30.0. The van der Waals surface area contributed by atoms with Crippen molar-refractivity contribution in [1.29, 1.82) is 0 Å². The van der Waals surface area contributed by atoms with Gasteiger partial charge in [0.1, 0.15) is 0 Å². The molecule has 2 heterocycles. The van der Waals surface area contributed by atoms with Crippen molar-refractivity contribution in [1.82, 2.24) is 35.1 Å². The number of hydrazine groups is 1. The average molecular weight is 638 g/mol. The minimum atomic E-state index is -3.25. The topological polar surface area (TPSA) is 144 Å². The van der Waals surface area contributed by atoms with E-state index >= 15 is 0 Å². The van der Waals surface area contributed by atoms with Gasteiger partial charge in [-0.1, -0.05) is 31.1 Å². The highest BCUT2D eigenvalue weighted by molar-refractivity contribution is 7.88. The van der Waals surface area contributed by atoms with E-state index in [1.54, 1.807) is 18.9 Å². The van der Waals surface area contributed by atoms with Gasteiger partial charge in [-0.2, -0.15) is 9.29 Å². The Hall–Kier alpha value is -2.33. The van der Waals surface area contributed by atoms with Crippen LogP contribution in [-0.4, -0.2) is 116 Å². The number of nitrogens with one attached hydrogen (secondary N) is 2. The number of piperazine rings is 1. The Balaban J connectivity index is 0.00000420. The number of hydrogen-bond donors (Lipinski definition) is 2. The van der Waals surface area contributed by atoms with Gasteiger partial charge in [0, 0.05) is 70.5 Å². The van der Waals surface area contributed by atoms with E-state index in [-0.39, 0.29) is 55.8 Å². The molecule has 2 amide bonds. The van der Waals surface area contributed by atoms with Gasteiger partial charge in [-0.3, -0.25) is 19.9 Å². The van der Waals surface area contributed by atoms with Gasteiger partial charge in [0.25, 0.3) is 5.91 Å². The summed E-state index contributed by atoms with van der Waals surface area (Å²) in [6.07, 6.45) is 1.19. The van der Waals surface area contributed by atoms with Gasteiger partial charge >= 0.3 is 0 Å². The first-order valence-corrected chi connectivity index (χ1v) is 14.8. The number of rotatable bonds is 12. The van der Waals surface area contributed by atoms with Crippen molar-refractivity contribution in [3.05, 3.63) is 29.7 Å². The van der Waals surface area contributed by atoms with E-state index < -0.39 is 10.0 Å². The van der Waals surface area contributed by atoms with Crippen LogP contribution in [0.3, 0.4) is 0 Å². The third-order valence-electron chi connectivity index (χ3n) is 6.50. The summed E-state index contributed by atoms with van der Waals surface area (Å²) in [7, 11) is -1.60. The Kier molecular flexibility index (Phi) is 14.6. The number of hydrogen-bond acceptors (Lipinski definition) is 10. The summed E-state index contributed by atoms with van der Waals surface area (Å²) in [4.78, 5) is 32.2. The van der Waals surface area contributed by atoms with E-state index in [4.69, 9.17) is 4.52 Å². The molecule has 0 saturated carbocycles. The summed E-state index contributed by atoms with van der Waals surface area (Å²) in [5.74, 6) is 0.513. The van der Waals surface area contributed by atoms with E-state index in [1.165, 1.54) is 15.6 Å². The van der Waals surface area contributed by atoms with Gasteiger partial charge in [-0.05, 0) is 18.6 Å². The summed E-state index contributed by atoms with van der Waals surface area (Å²) >= 11 is 0. The Morgan fingerprint density at radius 3 is 2.27 bits per heavy atom. The second-order valence-electron chi connectivity index (χ2n) is 9.93. The van der Waals surface area contributed by atoms with Gasteiger partial charge in [-0.25, -0.2) is 13.4 Å². The van der Waals surface area contributed by atoms with E-state index in [2.05, 4.69) is 20.8 Å². The van der Waals surface area contributed by atoms with Crippen LogP contribution in [0.15, 0.2) is 22.7 Å². The van der Waals surface area contributed by atoms with Crippen molar-refractivity contribution >= 4 is 52.3 Å². The van der Waals surface area contributed by atoms with Crippen LogP contribution in [0.4, 0.5) is 5.69 Å². The number of aromatic nitrogens is 2. The van der Waals surface area contributed by atoms with Crippen LogP contribution in [0.25, 0.3) is 11.4 Å². The summed E-state index contributed by atoms with van der Waals surface area (Å²) in [5, 5.41) is 13.6. The predicted octanol–water partition coefficient (Wildman–Crippen LogP) is 1.07. The molecule has 16 heteroatoms. The molecular weight excluding hydrogens is 595 g/mol. The minimum Gasteiger partial charge on any atom is -0.339 e. The molecule has 1 aliphatic heterocycles. The molecular formula is C25H42Cl2N8O5S. The molecule has 2 aromatic rings. The second kappa shape index (κ2) is 16.3. The van der Waals surface area contributed by atoms with Gasteiger partial charge in [0.2, 0.25) is 27.6 Å². The third-order valence-corrected chi connectivity index (χ3v) is 7.80. The van der Waals surface area contributed by atoms with Crippen LogP contribution >= 0.6 is 24.8 Å². The molecule has 0 aliphatic carbocycles. The number of benzene rings is 1. The Labute approximate surface area is 254 Å². The van der Waals surface area contributed by atoms with Crippen LogP contribution in [-0.2, 0) is 19.6 Å². The number of anilines is 1. The lowest BCUT2D eigenvalue weighted by Gasteiger charge is -2.38. The smallest absolute Gasteiger partial charge is 0.250 e. The molecule has 232 valence electrons. The van der Waals surface area contributed by atoms with Crippen LogP contribution < -0.4 is 15.5 Å².